The third kappa shape index (κ3) is 1.62. The molecule has 2 nitrogen and oxygen atoms in total. The molecule has 0 saturated heterocycles. The van der Waals surface area contributed by atoms with Gasteiger partial charge in [0.2, 0.25) is 0 Å². The van der Waals surface area contributed by atoms with E-state index in [0.717, 1.165) is 31.7 Å². The number of benzene rings is 1. The SMILES string of the molecule is Cc1cccc2c1OCCCC2CN. The zero-order valence-corrected chi connectivity index (χ0v) is 8.62. The Kier molecular flexibility index (Phi) is 2.73. The highest BCUT2D eigenvalue weighted by atomic mass is 16.5. The molecule has 0 aliphatic carbocycles. The van der Waals surface area contributed by atoms with Crippen LogP contribution in [0, 0.1) is 6.92 Å². The van der Waals surface area contributed by atoms with Crippen LogP contribution in [0.2, 0.25) is 0 Å². The Morgan fingerprint density at radius 3 is 3.14 bits per heavy atom. The highest BCUT2D eigenvalue weighted by Crippen LogP contribution is 2.34. The predicted octanol–water partition coefficient (Wildman–Crippen LogP) is 2.21. The van der Waals surface area contributed by atoms with E-state index in [0.29, 0.717) is 5.92 Å². The molecule has 1 aromatic rings. The van der Waals surface area contributed by atoms with Gasteiger partial charge in [-0.15, -0.1) is 0 Å². The van der Waals surface area contributed by atoms with Crippen molar-refractivity contribution in [2.24, 2.45) is 5.73 Å². The van der Waals surface area contributed by atoms with Crippen molar-refractivity contribution in [1.82, 2.24) is 0 Å². The summed E-state index contributed by atoms with van der Waals surface area (Å²) in [4.78, 5) is 0. The van der Waals surface area contributed by atoms with Crippen LogP contribution in [-0.2, 0) is 0 Å². The van der Waals surface area contributed by atoms with Crippen molar-refractivity contribution in [3.05, 3.63) is 29.3 Å². The third-order valence-electron chi connectivity index (χ3n) is 2.91. The van der Waals surface area contributed by atoms with Crippen molar-refractivity contribution in [3.8, 4) is 5.75 Å². The number of aryl methyl sites for hydroxylation is 1. The molecule has 1 heterocycles. The van der Waals surface area contributed by atoms with Crippen LogP contribution in [-0.4, -0.2) is 13.2 Å². The normalized spacial score (nSPS) is 20.9. The lowest BCUT2D eigenvalue weighted by Gasteiger charge is -2.15. The van der Waals surface area contributed by atoms with Gasteiger partial charge < -0.3 is 10.5 Å². The first kappa shape index (κ1) is 9.53. The maximum Gasteiger partial charge on any atom is 0.125 e. The van der Waals surface area contributed by atoms with E-state index in [9.17, 15) is 0 Å². The first-order chi connectivity index (χ1) is 6.83. The Hall–Kier alpha value is -1.02. The van der Waals surface area contributed by atoms with E-state index in [1.165, 1.54) is 11.1 Å². The Bertz CT molecular complexity index is 322. The molecule has 1 aliphatic heterocycles. The standard InChI is InChI=1S/C12H17NO/c1-9-4-2-6-11-10(8-13)5-3-7-14-12(9)11/h2,4,6,10H,3,5,7-8,13H2,1H3. The number of hydrogen-bond acceptors (Lipinski definition) is 2. The van der Waals surface area contributed by atoms with Crippen LogP contribution in [0.1, 0.15) is 29.9 Å². The molecule has 1 aromatic carbocycles. The number of ether oxygens (including phenoxy) is 1. The van der Waals surface area contributed by atoms with E-state index in [-0.39, 0.29) is 0 Å². The van der Waals surface area contributed by atoms with E-state index in [1.54, 1.807) is 0 Å². The van der Waals surface area contributed by atoms with Crippen molar-refractivity contribution < 1.29 is 4.74 Å². The summed E-state index contributed by atoms with van der Waals surface area (Å²) in [7, 11) is 0. The van der Waals surface area contributed by atoms with E-state index in [4.69, 9.17) is 10.5 Å². The van der Waals surface area contributed by atoms with E-state index in [1.807, 2.05) is 0 Å². The van der Waals surface area contributed by atoms with Crippen molar-refractivity contribution in [3.63, 3.8) is 0 Å². The van der Waals surface area contributed by atoms with Crippen LogP contribution < -0.4 is 10.5 Å². The van der Waals surface area contributed by atoms with Crippen molar-refractivity contribution in [1.29, 1.82) is 0 Å². The molecule has 2 rings (SSSR count). The summed E-state index contributed by atoms with van der Waals surface area (Å²) in [6.45, 7) is 3.64. The summed E-state index contributed by atoms with van der Waals surface area (Å²) in [6, 6.07) is 6.33. The second-order valence-corrected chi connectivity index (χ2v) is 3.92. The molecule has 2 N–H and O–H groups in total. The molecular formula is C12H17NO. The van der Waals surface area contributed by atoms with Crippen LogP contribution in [0.25, 0.3) is 0 Å². The number of rotatable bonds is 1. The minimum Gasteiger partial charge on any atom is -0.493 e. The molecule has 76 valence electrons. The molecule has 14 heavy (non-hydrogen) atoms. The molecule has 1 atom stereocenters. The summed E-state index contributed by atoms with van der Waals surface area (Å²) in [6.07, 6.45) is 2.25. The van der Waals surface area contributed by atoms with Gasteiger partial charge in [0.25, 0.3) is 0 Å². The molecule has 0 saturated carbocycles. The largest absolute Gasteiger partial charge is 0.493 e. The summed E-state index contributed by atoms with van der Waals surface area (Å²) in [5.41, 5.74) is 8.30. The molecular weight excluding hydrogens is 174 g/mol. The van der Waals surface area contributed by atoms with Gasteiger partial charge in [-0.1, -0.05) is 18.2 Å². The lowest BCUT2D eigenvalue weighted by atomic mass is 9.93. The average Bonchev–Trinajstić information content (AvgIpc) is 2.40. The quantitative estimate of drug-likeness (QED) is 0.738. The Morgan fingerprint density at radius 1 is 1.50 bits per heavy atom. The highest BCUT2D eigenvalue weighted by molar-refractivity contribution is 5.43. The predicted molar refractivity (Wildman–Crippen MR) is 57.7 cm³/mol. The maximum absolute atomic E-state index is 5.78. The molecule has 1 unspecified atom stereocenters. The lowest BCUT2D eigenvalue weighted by molar-refractivity contribution is 0.314. The van der Waals surface area contributed by atoms with Crippen molar-refractivity contribution in [2.45, 2.75) is 25.7 Å². The fourth-order valence-corrected chi connectivity index (χ4v) is 2.10. The number of fused-ring (bicyclic) bond motifs is 1. The van der Waals surface area contributed by atoms with Gasteiger partial charge in [-0.25, -0.2) is 0 Å². The Labute approximate surface area is 85.1 Å². The number of hydrogen-bond donors (Lipinski definition) is 1. The molecule has 0 bridgehead atoms. The van der Waals surface area contributed by atoms with Crippen LogP contribution in [0.15, 0.2) is 18.2 Å². The second-order valence-electron chi connectivity index (χ2n) is 3.92. The van der Waals surface area contributed by atoms with Gasteiger partial charge in [-0.3, -0.25) is 0 Å². The van der Waals surface area contributed by atoms with Crippen LogP contribution in [0.5, 0.6) is 5.75 Å². The van der Waals surface area contributed by atoms with Crippen LogP contribution >= 0.6 is 0 Å². The Balaban J connectivity index is 2.44. The molecule has 0 aromatic heterocycles. The average molecular weight is 191 g/mol. The molecule has 0 radical (unpaired) electrons. The van der Waals surface area contributed by atoms with Gasteiger partial charge in [-0.2, -0.15) is 0 Å². The first-order valence-corrected chi connectivity index (χ1v) is 5.25. The topological polar surface area (TPSA) is 35.2 Å². The highest BCUT2D eigenvalue weighted by Gasteiger charge is 2.19. The second kappa shape index (κ2) is 4.01. The fourth-order valence-electron chi connectivity index (χ4n) is 2.10. The molecule has 0 fully saturated rings. The minimum absolute atomic E-state index is 0.479. The van der Waals surface area contributed by atoms with Crippen molar-refractivity contribution in [2.75, 3.05) is 13.2 Å². The molecule has 2 heteroatoms. The molecule has 0 spiro atoms. The summed E-state index contributed by atoms with van der Waals surface area (Å²) in [5.74, 6) is 1.55. The van der Waals surface area contributed by atoms with E-state index in [2.05, 4.69) is 25.1 Å². The molecule has 1 aliphatic rings. The van der Waals surface area contributed by atoms with Gasteiger partial charge >= 0.3 is 0 Å². The van der Waals surface area contributed by atoms with Gasteiger partial charge in [-0.05, 0) is 43.4 Å². The van der Waals surface area contributed by atoms with Crippen LogP contribution in [0.4, 0.5) is 0 Å². The van der Waals surface area contributed by atoms with E-state index < -0.39 is 0 Å². The number of nitrogens with two attached hydrogens (primary N) is 1. The Morgan fingerprint density at radius 2 is 2.36 bits per heavy atom. The third-order valence-corrected chi connectivity index (χ3v) is 2.91. The zero-order chi connectivity index (χ0) is 9.97. The maximum atomic E-state index is 5.78. The zero-order valence-electron chi connectivity index (χ0n) is 8.62. The summed E-state index contributed by atoms with van der Waals surface area (Å²) < 4.78 is 5.76. The summed E-state index contributed by atoms with van der Waals surface area (Å²) >= 11 is 0. The van der Waals surface area contributed by atoms with E-state index >= 15 is 0 Å². The number of para-hydroxylation sites is 1. The minimum atomic E-state index is 0.479. The van der Waals surface area contributed by atoms with Gasteiger partial charge in [0.1, 0.15) is 5.75 Å². The first-order valence-electron chi connectivity index (χ1n) is 5.25. The summed E-state index contributed by atoms with van der Waals surface area (Å²) in [5, 5.41) is 0. The van der Waals surface area contributed by atoms with Crippen molar-refractivity contribution >= 4 is 0 Å². The fraction of sp³-hybridized carbons (Fsp3) is 0.500. The monoisotopic (exact) mass is 191 g/mol. The van der Waals surface area contributed by atoms with Gasteiger partial charge in [0, 0.05) is 0 Å². The van der Waals surface area contributed by atoms with Gasteiger partial charge in [0.05, 0.1) is 6.61 Å². The smallest absolute Gasteiger partial charge is 0.125 e. The lowest BCUT2D eigenvalue weighted by Crippen LogP contribution is -2.11. The van der Waals surface area contributed by atoms with Crippen LogP contribution in [0.3, 0.4) is 0 Å². The van der Waals surface area contributed by atoms with Gasteiger partial charge in [0.15, 0.2) is 0 Å². The molecule has 0 amide bonds.